The van der Waals surface area contributed by atoms with Crippen molar-refractivity contribution in [3.63, 3.8) is 0 Å². The summed E-state index contributed by atoms with van der Waals surface area (Å²) < 4.78 is 12.2. The monoisotopic (exact) mass is 155 g/mol. The molecule has 0 amide bonds. The maximum Gasteiger partial charge on any atom is 0.269 e. The van der Waals surface area contributed by atoms with Gasteiger partial charge in [-0.2, -0.15) is 9.78 Å². The van der Waals surface area contributed by atoms with E-state index in [9.17, 15) is 0 Å². The van der Waals surface area contributed by atoms with E-state index in [0.29, 0.717) is 13.2 Å². The van der Waals surface area contributed by atoms with Crippen LogP contribution in [0.4, 0.5) is 0 Å². The third-order valence-corrected chi connectivity index (χ3v) is 1.66. The van der Waals surface area contributed by atoms with Crippen LogP contribution in [0.1, 0.15) is 6.92 Å². The molecule has 11 heavy (non-hydrogen) atoms. The fourth-order valence-electron chi connectivity index (χ4n) is 1.05. The van der Waals surface area contributed by atoms with Crippen LogP contribution in [0.5, 0.6) is 0 Å². The SMILES string of the molecule is CC1(n2cncn2)OCCO1. The first-order valence-corrected chi connectivity index (χ1v) is 3.44. The highest BCUT2D eigenvalue weighted by Crippen LogP contribution is 2.22. The summed E-state index contributed by atoms with van der Waals surface area (Å²) in [7, 11) is 0. The van der Waals surface area contributed by atoms with Crippen LogP contribution >= 0.6 is 0 Å². The Hall–Kier alpha value is -0.940. The van der Waals surface area contributed by atoms with Gasteiger partial charge in [-0.25, -0.2) is 4.98 Å². The van der Waals surface area contributed by atoms with E-state index in [2.05, 4.69) is 10.1 Å². The first kappa shape index (κ1) is 6.75. The minimum absolute atomic E-state index is 0.608. The quantitative estimate of drug-likeness (QED) is 0.570. The van der Waals surface area contributed by atoms with Crippen LogP contribution < -0.4 is 0 Å². The molecule has 5 nitrogen and oxygen atoms in total. The average molecular weight is 155 g/mol. The Labute approximate surface area is 63.9 Å². The predicted molar refractivity (Wildman–Crippen MR) is 35.6 cm³/mol. The van der Waals surface area contributed by atoms with E-state index >= 15 is 0 Å². The summed E-state index contributed by atoms with van der Waals surface area (Å²) in [5.41, 5.74) is 0. The number of aromatic nitrogens is 3. The van der Waals surface area contributed by atoms with Gasteiger partial charge in [0.2, 0.25) is 0 Å². The van der Waals surface area contributed by atoms with Gasteiger partial charge >= 0.3 is 0 Å². The van der Waals surface area contributed by atoms with Gasteiger partial charge < -0.3 is 9.47 Å². The molecule has 0 unspecified atom stereocenters. The van der Waals surface area contributed by atoms with Gasteiger partial charge in [0, 0.05) is 6.92 Å². The van der Waals surface area contributed by atoms with Crippen LogP contribution in [-0.4, -0.2) is 28.0 Å². The molecule has 1 aromatic rings. The second-order valence-electron chi connectivity index (χ2n) is 2.43. The predicted octanol–water partition coefficient (Wildman–Crippen LogP) is -0.0449. The molecule has 1 aliphatic rings. The smallest absolute Gasteiger partial charge is 0.269 e. The van der Waals surface area contributed by atoms with E-state index in [1.54, 1.807) is 11.0 Å². The molecule has 5 heteroatoms. The Morgan fingerprint density at radius 3 is 2.73 bits per heavy atom. The van der Waals surface area contributed by atoms with Gasteiger partial charge in [-0.3, -0.25) is 0 Å². The number of nitrogens with zero attached hydrogens (tertiary/aromatic N) is 3. The van der Waals surface area contributed by atoms with E-state index in [1.807, 2.05) is 6.92 Å². The normalized spacial score (nSPS) is 22.3. The Kier molecular flexibility index (Phi) is 1.40. The summed E-state index contributed by atoms with van der Waals surface area (Å²) in [6.07, 6.45) is 3.03. The molecule has 0 N–H and O–H groups in total. The molecule has 0 radical (unpaired) electrons. The van der Waals surface area contributed by atoms with Gasteiger partial charge in [-0.15, -0.1) is 0 Å². The summed E-state index contributed by atoms with van der Waals surface area (Å²) in [5.74, 6) is -0.740. The molecule has 1 fully saturated rings. The molecule has 0 aromatic carbocycles. The van der Waals surface area contributed by atoms with Crippen molar-refractivity contribution < 1.29 is 9.47 Å². The third kappa shape index (κ3) is 1.02. The second kappa shape index (κ2) is 2.28. The minimum atomic E-state index is -0.740. The second-order valence-corrected chi connectivity index (χ2v) is 2.43. The van der Waals surface area contributed by atoms with Crippen molar-refractivity contribution in [1.82, 2.24) is 14.8 Å². The maximum atomic E-state index is 5.32. The lowest BCUT2D eigenvalue weighted by Crippen LogP contribution is -2.31. The molecule has 2 heterocycles. The van der Waals surface area contributed by atoms with Crippen LogP contribution in [0.15, 0.2) is 12.7 Å². The maximum absolute atomic E-state index is 5.32. The highest BCUT2D eigenvalue weighted by atomic mass is 16.8. The molecule has 0 saturated carbocycles. The fourth-order valence-corrected chi connectivity index (χ4v) is 1.05. The summed E-state index contributed by atoms with van der Waals surface area (Å²) in [4.78, 5) is 3.80. The highest BCUT2D eigenvalue weighted by molar-refractivity contribution is 4.67. The minimum Gasteiger partial charge on any atom is -0.329 e. The lowest BCUT2D eigenvalue weighted by atomic mass is 10.6. The van der Waals surface area contributed by atoms with Crippen LogP contribution in [0.25, 0.3) is 0 Å². The summed E-state index contributed by atoms with van der Waals surface area (Å²) >= 11 is 0. The molecule has 1 saturated heterocycles. The van der Waals surface area contributed by atoms with Crippen LogP contribution in [0.3, 0.4) is 0 Å². The number of rotatable bonds is 1. The average Bonchev–Trinajstić information content (AvgIpc) is 2.55. The van der Waals surface area contributed by atoms with Crippen molar-refractivity contribution in [2.45, 2.75) is 12.8 Å². The summed E-state index contributed by atoms with van der Waals surface area (Å²) in [6, 6.07) is 0. The van der Waals surface area contributed by atoms with E-state index in [1.165, 1.54) is 6.33 Å². The van der Waals surface area contributed by atoms with Crippen molar-refractivity contribution in [2.24, 2.45) is 0 Å². The molecule has 0 aliphatic carbocycles. The highest BCUT2D eigenvalue weighted by Gasteiger charge is 2.33. The van der Waals surface area contributed by atoms with Crippen molar-refractivity contribution >= 4 is 0 Å². The molecular formula is C6H9N3O2. The largest absolute Gasteiger partial charge is 0.329 e. The summed E-state index contributed by atoms with van der Waals surface area (Å²) in [5, 5.41) is 3.93. The van der Waals surface area contributed by atoms with E-state index in [-0.39, 0.29) is 0 Å². The van der Waals surface area contributed by atoms with Crippen LogP contribution in [-0.2, 0) is 15.4 Å². The van der Waals surface area contributed by atoms with Gasteiger partial charge in [-0.05, 0) is 0 Å². The number of hydrogen-bond acceptors (Lipinski definition) is 4. The van der Waals surface area contributed by atoms with Crippen molar-refractivity contribution in [2.75, 3.05) is 13.2 Å². The lowest BCUT2D eigenvalue weighted by molar-refractivity contribution is -0.215. The zero-order valence-electron chi connectivity index (χ0n) is 6.23. The zero-order chi connectivity index (χ0) is 7.73. The topological polar surface area (TPSA) is 49.2 Å². The van der Waals surface area contributed by atoms with Gasteiger partial charge in [0.05, 0.1) is 13.2 Å². The van der Waals surface area contributed by atoms with Gasteiger partial charge in [0.15, 0.2) is 0 Å². The molecule has 1 aliphatic heterocycles. The third-order valence-electron chi connectivity index (χ3n) is 1.66. The fraction of sp³-hybridized carbons (Fsp3) is 0.667. The molecule has 1 aromatic heterocycles. The zero-order valence-corrected chi connectivity index (χ0v) is 6.23. The first-order valence-electron chi connectivity index (χ1n) is 3.44. The molecule has 0 bridgehead atoms. The lowest BCUT2D eigenvalue weighted by Gasteiger charge is -2.21. The van der Waals surface area contributed by atoms with E-state index < -0.39 is 5.91 Å². The van der Waals surface area contributed by atoms with Gasteiger partial charge in [-0.1, -0.05) is 0 Å². The summed E-state index contributed by atoms with van der Waals surface area (Å²) in [6.45, 7) is 3.03. The molecule has 0 atom stereocenters. The Balaban J connectivity index is 2.27. The standard InChI is InChI=1S/C6H9N3O2/c1-6(10-2-3-11-6)9-5-7-4-8-9/h4-5H,2-3H2,1H3. The van der Waals surface area contributed by atoms with Gasteiger partial charge in [0.1, 0.15) is 12.7 Å². The van der Waals surface area contributed by atoms with Crippen molar-refractivity contribution in [3.05, 3.63) is 12.7 Å². The Morgan fingerprint density at radius 2 is 2.18 bits per heavy atom. The molecular weight excluding hydrogens is 146 g/mol. The molecule has 0 spiro atoms. The van der Waals surface area contributed by atoms with Gasteiger partial charge in [0.25, 0.3) is 5.91 Å². The van der Waals surface area contributed by atoms with Crippen molar-refractivity contribution in [3.8, 4) is 0 Å². The Morgan fingerprint density at radius 1 is 1.45 bits per heavy atom. The van der Waals surface area contributed by atoms with Crippen LogP contribution in [0.2, 0.25) is 0 Å². The molecule has 60 valence electrons. The van der Waals surface area contributed by atoms with E-state index in [4.69, 9.17) is 9.47 Å². The number of hydrogen-bond donors (Lipinski definition) is 0. The van der Waals surface area contributed by atoms with E-state index in [0.717, 1.165) is 0 Å². The first-order chi connectivity index (χ1) is 5.31. The van der Waals surface area contributed by atoms with Crippen molar-refractivity contribution in [1.29, 1.82) is 0 Å². The Bertz CT molecular complexity index is 228. The molecule has 2 rings (SSSR count). The number of ether oxygens (including phenoxy) is 2. The van der Waals surface area contributed by atoms with Crippen LogP contribution in [0, 0.1) is 0 Å².